The van der Waals surface area contributed by atoms with Crippen LogP contribution in [0.15, 0.2) is 103 Å². The molecule has 19 nitrogen and oxygen atoms in total. The fourth-order valence-electron chi connectivity index (χ4n) is 4.34. The third kappa shape index (κ3) is 13.1. The van der Waals surface area contributed by atoms with Gasteiger partial charge in [-0.25, -0.2) is 21.6 Å². The van der Waals surface area contributed by atoms with E-state index in [0.29, 0.717) is 0 Å². The Balaban J connectivity index is 0.00000504. The minimum absolute atomic E-state index is 0. The Bertz CT molecular complexity index is 2180. The smallest absolute Gasteiger partial charge is 0.744 e. The van der Waals surface area contributed by atoms with Gasteiger partial charge in [0.2, 0.25) is 11.8 Å². The molecule has 0 bridgehead atoms. The molecule has 4 aromatic rings. The third-order valence-corrected chi connectivity index (χ3v) is 8.73. The zero-order valence-electron chi connectivity index (χ0n) is 29.0. The molecule has 0 unspecified atom stereocenters. The number of aryl methyl sites for hydroxylation is 2. The minimum atomic E-state index is -4.78. The van der Waals surface area contributed by atoms with Crippen molar-refractivity contribution in [3.63, 3.8) is 0 Å². The van der Waals surface area contributed by atoms with Crippen molar-refractivity contribution in [2.24, 2.45) is 20.5 Å². The molecule has 54 heavy (non-hydrogen) atoms. The molecule has 0 heterocycles. The number of nitrogens with one attached hydrogen (secondary N) is 4. The number of amides is 4. The topological polar surface area (TPSA) is 304 Å². The van der Waals surface area contributed by atoms with Crippen LogP contribution in [0.4, 0.5) is 50.3 Å². The number of aliphatic hydroxyl groups is 2. The monoisotopic (exact) mass is 798 g/mol. The second-order valence-corrected chi connectivity index (χ2v) is 13.4. The first-order valence-electron chi connectivity index (χ1n) is 14.6. The van der Waals surface area contributed by atoms with Gasteiger partial charge in [-0.3, -0.25) is 9.59 Å². The van der Waals surface area contributed by atoms with Gasteiger partial charge in [0, 0.05) is 11.4 Å². The molecule has 0 fully saturated rings. The van der Waals surface area contributed by atoms with E-state index in [9.17, 15) is 50.5 Å². The SMILES string of the molecule is Cc1ccc(N=Nc2ccc(NC(=O)Nc3ccc(N=Nc4ccc(C)c(S(=O)(=O)[O-])c4)c(NC(=O)CO)c3)cc2NC(=O)CO)cc1S(=O)(=O)[O-].[Na+].[Na+]. The molecule has 0 radical (unpaired) electrons. The van der Waals surface area contributed by atoms with E-state index in [1.165, 1.54) is 74.5 Å². The Morgan fingerprint density at radius 1 is 0.574 bits per heavy atom. The number of azo groups is 2. The molecule has 4 rings (SSSR count). The Morgan fingerprint density at radius 2 is 0.944 bits per heavy atom. The van der Waals surface area contributed by atoms with Gasteiger partial charge in [-0.1, -0.05) is 12.1 Å². The van der Waals surface area contributed by atoms with Gasteiger partial charge in [0.25, 0.3) is 0 Å². The number of aliphatic hydroxyl groups excluding tert-OH is 2. The molecule has 23 heteroatoms. The summed E-state index contributed by atoms with van der Waals surface area (Å²) in [6.07, 6.45) is 0. The fourth-order valence-corrected chi connectivity index (χ4v) is 5.79. The number of hydrogen-bond acceptors (Lipinski definition) is 15. The number of nitrogens with zero attached hydrogens (tertiary/aromatic N) is 4. The summed E-state index contributed by atoms with van der Waals surface area (Å²) in [5.74, 6) is -1.66. The van der Waals surface area contributed by atoms with Gasteiger partial charge in [-0.15, -0.1) is 10.2 Å². The van der Waals surface area contributed by atoms with Gasteiger partial charge in [0.05, 0.1) is 32.5 Å². The Hall–Kier alpha value is -3.97. The van der Waals surface area contributed by atoms with Crippen molar-refractivity contribution in [1.29, 1.82) is 0 Å². The zero-order chi connectivity index (χ0) is 38.2. The number of benzene rings is 4. The molecule has 0 spiro atoms. The van der Waals surface area contributed by atoms with Crippen molar-refractivity contribution >= 4 is 83.6 Å². The number of carbonyl (C=O) groups excluding carboxylic acids is 3. The molecule has 0 saturated heterocycles. The standard InChI is InChI=1S/C31H30N8O11S2.2Na/c1-17-3-5-21(13-27(17)51(45,46)47)36-38-23-9-7-19(11-25(23)34-29(42)15-40)32-31(44)33-20-8-10-24(26(12-20)35-30(43)16-41)39-37-22-6-4-18(2)28(14-22)52(48,49)50;;/h3-14,40-41H,15-16H2,1-2H3,(H,34,42)(H,35,43)(H2,32,33,44)(H,45,46,47)(H,48,49,50);;/q;2*+1/p-2. The number of urea groups is 1. The minimum Gasteiger partial charge on any atom is -0.744 e. The molecule has 0 saturated carbocycles. The molecule has 0 aromatic heterocycles. The average Bonchev–Trinajstić information content (AvgIpc) is 3.07. The van der Waals surface area contributed by atoms with Crippen LogP contribution < -0.4 is 80.4 Å². The van der Waals surface area contributed by atoms with Crippen LogP contribution in [0, 0.1) is 13.8 Å². The molecular formula is C31H28N8Na2O11S2. The van der Waals surface area contributed by atoms with E-state index in [4.69, 9.17) is 0 Å². The number of rotatable bonds is 12. The summed E-state index contributed by atoms with van der Waals surface area (Å²) in [6, 6.07) is 14.9. The average molecular weight is 799 g/mol. The summed E-state index contributed by atoms with van der Waals surface area (Å²) in [5.41, 5.74) is 0.736. The third-order valence-electron chi connectivity index (χ3n) is 6.77. The summed E-state index contributed by atoms with van der Waals surface area (Å²) in [6.45, 7) is 1.09. The molecule has 6 N–H and O–H groups in total. The van der Waals surface area contributed by atoms with E-state index in [2.05, 4.69) is 41.7 Å². The van der Waals surface area contributed by atoms with E-state index in [0.717, 1.165) is 12.1 Å². The van der Waals surface area contributed by atoms with Crippen LogP contribution in [0.1, 0.15) is 11.1 Å². The van der Waals surface area contributed by atoms with Gasteiger partial charge in [0.15, 0.2) is 0 Å². The van der Waals surface area contributed by atoms with Gasteiger partial charge >= 0.3 is 65.1 Å². The summed E-state index contributed by atoms with van der Waals surface area (Å²) >= 11 is 0. The van der Waals surface area contributed by atoms with Gasteiger partial charge in [-0.2, -0.15) is 10.2 Å². The second kappa shape index (κ2) is 20.1. The summed E-state index contributed by atoms with van der Waals surface area (Å²) in [5, 5.41) is 44.2. The van der Waals surface area contributed by atoms with Crippen molar-refractivity contribution in [3.8, 4) is 0 Å². The Morgan fingerprint density at radius 3 is 1.28 bits per heavy atom. The van der Waals surface area contributed by atoms with Crippen LogP contribution in [-0.2, 0) is 29.8 Å². The van der Waals surface area contributed by atoms with E-state index in [1.54, 1.807) is 0 Å². The van der Waals surface area contributed by atoms with Crippen molar-refractivity contribution in [2.75, 3.05) is 34.5 Å². The van der Waals surface area contributed by atoms with Crippen LogP contribution in [0.3, 0.4) is 0 Å². The van der Waals surface area contributed by atoms with Crippen molar-refractivity contribution in [1.82, 2.24) is 0 Å². The van der Waals surface area contributed by atoms with E-state index in [1.807, 2.05) is 0 Å². The number of anilines is 4. The predicted octanol–water partition coefficient (Wildman–Crippen LogP) is -1.54. The maximum atomic E-state index is 12.9. The fraction of sp³-hybridized carbons (Fsp3) is 0.129. The van der Waals surface area contributed by atoms with Crippen molar-refractivity contribution in [3.05, 3.63) is 83.9 Å². The molecular weight excluding hydrogens is 771 g/mol. The first kappa shape index (κ1) is 46.2. The quantitative estimate of drug-likeness (QED) is 0.0542. The zero-order valence-corrected chi connectivity index (χ0v) is 34.6. The molecule has 4 amide bonds. The summed E-state index contributed by atoms with van der Waals surface area (Å²) < 4.78 is 69.2. The maximum Gasteiger partial charge on any atom is 1.00 e. The van der Waals surface area contributed by atoms with Gasteiger partial charge in [-0.05, 0) is 85.6 Å². The van der Waals surface area contributed by atoms with Crippen molar-refractivity contribution < 1.29 is 110 Å². The van der Waals surface area contributed by atoms with Gasteiger partial charge in [0.1, 0.15) is 44.8 Å². The summed E-state index contributed by atoms with van der Waals surface area (Å²) in [4.78, 5) is 35.9. The van der Waals surface area contributed by atoms with Crippen molar-refractivity contribution in [2.45, 2.75) is 23.6 Å². The molecule has 0 aliphatic heterocycles. The Labute approximate surface area is 352 Å². The van der Waals surface area contributed by atoms with Crippen LogP contribution in [-0.4, -0.2) is 67.2 Å². The molecule has 0 aliphatic rings. The van der Waals surface area contributed by atoms with E-state index >= 15 is 0 Å². The van der Waals surface area contributed by atoms with Crippen LogP contribution in [0.2, 0.25) is 0 Å². The largest absolute Gasteiger partial charge is 1.00 e. The molecule has 0 atom stereocenters. The van der Waals surface area contributed by atoms with Crippen LogP contribution in [0.25, 0.3) is 0 Å². The molecule has 4 aromatic carbocycles. The van der Waals surface area contributed by atoms with Gasteiger partial charge < -0.3 is 40.6 Å². The van der Waals surface area contributed by atoms with E-state index < -0.39 is 61.1 Å². The number of carbonyl (C=O) groups is 3. The molecule has 272 valence electrons. The maximum absolute atomic E-state index is 12.9. The van der Waals surface area contributed by atoms with Crippen LogP contribution in [0.5, 0.6) is 0 Å². The first-order valence-corrected chi connectivity index (χ1v) is 17.4. The predicted molar refractivity (Wildman–Crippen MR) is 184 cm³/mol. The molecule has 0 aliphatic carbocycles. The normalized spacial score (nSPS) is 11.4. The van der Waals surface area contributed by atoms with E-state index in [-0.39, 0.29) is 116 Å². The number of hydrogen-bond donors (Lipinski definition) is 6. The van der Waals surface area contributed by atoms with Crippen LogP contribution >= 0.6 is 0 Å². The summed E-state index contributed by atoms with van der Waals surface area (Å²) in [7, 11) is -9.57. The first-order chi connectivity index (χ1) is 24.5. The Kier molecular flexibility index (Phi) is 17.2. The second-order valence-electron chi connectivity index (χ2n) is 10.7.